The van der Waals surface area contributed by atoms with E-state index in [1.807, 2.05) is 66.4 Å². The molecule has 0 aliphatic heterocycles. The molecular formula is C16H17N5. The first-order chi connectivity index (χ1) is 10.1. The Kier molecular flexibility index (Phi) is 3.31. The molecule has 0 amide bonds. The van der Waals surface area contributed by atoms with Crippen LogP contribution in [0.5, 0.6) is 0 Å². The van der Waals surface area contributed by atoms with Gasteiger partial charge in [0, 0.05) is 37.4 Å². The van der Waals surface area contributed by atoms with Gasteiger partial charge in [0.15, 0.2) is 0 Å². The molecular weight excluding hydrogens is 262 g/mol. The van der Waals surface area contributed by atoms with E-state index in [0.29, 0.717) is 5.69 Å². The monoisotopic (exact) mass is 279 g/mol. The Balaban J connectivity index is 2.09. The topological polar surface area (TPSA) is 60.0 Å². The third-order valence-electron chi connectivity index (χ3n) is 3.25. The number of aromatic nitrogens is 3. The Hall–Kier alpha value is -2.82. The molecule has 0 radical (unpaired) electrons. The number of pyridine rings is 2. The number of hydrogen-bond donors (Lipinski definition) is 1. The second-order valence-corrected chi connectivity index (χ2v) is 5.07. The van der Waals surface area contributed by atoms with Crippen LogP contribution in [0.1, 0.15) is 5.56 Å². The summed E-state index contributed by atoms with van der Waals surface area (Å²) in [6.07, 6.45) is 11.2. The van der Waals surface area contributed by atoms with Gasteiger partial charge in [-0.3, -0.25) is 9.55 Å². The van der Waals surface area contributed by atoms with Gasteiger partial charge in [0.2, 0.25) is 0 Å². The molecule has 0 bridgehead atoms. The zero-order valence-corrected chi connectivity index (χ0v) is 12.1. The van der Waals surface area contributed by atoms with Crippen LogP contribution in [0, 0.1) is 0 Å². The van der Waals surface area contributed by atoms with E-state index in [4.69, 9.17) is 5.73 Å². The lowest BCUT2D eigenvalue weighted by molar-refractivity contribution is 0.567. The third-order valence-corrected chi connectivity index (χ3v) is 3.25. The largest absolute Gasteiger partial charge is 0.397 e. The first-order valence-electron chi connectivity index (χ1n) is 6.67. The summed E-state index contributed by atoms with van der Waals surface area (Å²) in [6, 6.07) is 6.00. The molecule has 0 spiro atoms. The zero-order chi connectivity index (χ0) is 14.8. The summed E-state index contributed by atoms with van der Waals surface area (Å²) in [5.41, 5.74) is 8.62. The van der Waals surface area contributed by atoms with Gasteiger partial charge in [0.05, 0.1) is 23.6 Å². The van der Waals surface area contributed by atoms with Crippen molar-refractivity contribution in [2.24, 2.45) is 0 Å². The van der Waals surface area contributed by atoms with Gasteiger partial charge in [-0.05, 0) is 30.5 Å². The van der Waals surface area contributed by atoms with Crippen LogP contribution in [0.4, 0.5) is 5.69 Å². The average Bonchev–Trinajstić information content (AvgIpc) is 2.90. The molecule has 0 aliphatic carbocycles. The first-order valence-corrected chi connectivity index (χ1v) is 6.67. The van der Waals surface area contributed by atoms with Crippen molar-refractivity contribution in [2.75, 3.05) is 19.8 Å². The van der Waals surface area contributed by atoms with Crippen molar-refractivity contribution in [3.05, 3.63) is 54.7 Å². The Morgan fingerprint density at radius 2 is 2.10 bits per heavy atom. The lowest BCUT2D eigenvalue weighted by Crippen LogP contribution is -2.02. The van der Waals surface area contributed by atoms with Gasteiger partial charge in [-0.15, -0.1) is 0 Å². The van der Waals surface area contributed by atoms with E-state index in [9.17, 15) is 0 Å². The molecule has 2 N–H and O–H groups in total. The van der Waals surface area contributed by atoms with Crippen molar-refractivity contribution < 1.29 is 0 Å². The van der Waals surface area contributed by atoms with E-state index in [0.717, 1.165) is 22.3 Å². The highest BCUT2D eigenvalue weighted by atomic mass is 15.1. The molecule has 0 saturated heterocycles. The minimum absolute atomic E-state index is 0.659. The summed E-state index contributed by atoms with van der Waals surface area (Å²) in [7, 11) is 3.94. The van der Waals surface area contributed by atoms with Crippen LogP contribution in [0.15, 0.2) is 49.2 Å². The van der Waals surface area contributed by atoms with Crippen LogP contribution < -0.4 is 5.73 Å². The van der Waals surface area contributed by atoms with Gasteiger partial charge < -0.3 is 10.6 Å². The number of anilines is 1. The van der Waals surface area contributed by atoms with E-state index >= 15 is 0 Å². The van der Waals surface area contributed by atoms with Crippen LogP contribution in [0.2, 0.25) is 0 Å². The summed E-state index contributed by atoms with van der Waals surface area (Å²) in [5, 5.41) is 1.13. The summed E-state index contributed by atoms with van der Waals surface area (Å²) < 4.78 is 2.01. The number of nitrogen functional groups attached to an aromatic ring is 1. The van der Waals surface area contributed by atoms with Crippen LogP contribution in [0.25, 0.3) is 22.8 Å². The highest BCUT2D eigenvalue weighted by Crippen LogP contribution is 2.21. The maximum Gasteiger partial charge on any atom is 0.137 e. The number of fused-ring (bicyclic) bond motifs is 1. The Morgan fingerprint density at radius 3 is 2.90 bits per heavy atom. The molecule has 5 nitrogen and oxygen atoms in total. The second kappa shape index (κ2) is 5.28. The van der Waals surface area contributed by atoms with Crippen molar-refractivity contribution in [3.63, 3.8) is 0 Å². The number of rotatable bonds is 3. The van der Waals surface area contributed by atoms with Gasteiger partial charge in [-0.1, -0.05) is 0 Å². The van der Waals surface area contributed by atoms with Gasteiger partial charge in [0.25, 0.3) is 0 Å². The molecule has 106 valence electrons. The van der Waals surface area contributed by atoms with Crippen molar-refractivity contribution in [3.8, 4) is 5.82 Å². The maximum absolute atomic E-state index is 5.99. The van der Waals surface area contributed by atoms with Crippen molar-refractivity contribution >= 4 is 22.7 Å². The smallest absolute Gasteiger partial charge is 0.137 e. The fourth-order valence-corrected chi connectivity index (χ4v) is 2.15. The minimum atomic E-state index is 0.659. The lowest BCUT2D eigenvalue weighted by atomic mass is 10.2. The Labute approximate surface area is 123 Å². The van der Waals surface area contributed by atoms with E-state index < -0.39 is 0 Å². The molecule has 0 aliphatic rings. The average molecular weight is 279 g/mol. The first kappa shape index (κ1) is 13.2. The van der Waals surface area contributed by atoms with Crippen molar-refractivity contribution in [2.45, 2.75) is 0 Å². The predicted molar refractivity (Wildman–Crippen MR) is 86.0 cm³/mol. The fraction of sp³-hybridized carbons (Fsp3) is 0.125. The molecule has 0 aromatic carbocycles. The van der Waals surface area contributed by atoms with E-state index in [1.54, 1.807) is 12.4 Å². The predicted octanol–water partition coefficient (Wildman–Crippen LogP) is 2.53. The molecule has 3 rings (SSSR count). The lowest BCUT2D eigenvalue weighted by Gasteiger charge is -2.08. The van der Waals surface area contributed by atoms with Crippen LogP contribution in [-0.2, 0) is 0 Å². The SMILES string of the molecule is CN(C)/C=C/c1cc(-n2ccc3ccncc32)ncc1N. The van der Waals surface area contributed by atoms with Crippen LogP contribution in [0.3, 0.4) is 0 Å². The molecule has 0 fully saturated rings. The summed E-state index contributed by atoms with van der Waals surface area (Å²) in [6.45, 7) is 0. The normalized spacial score (nSPS) is 11.3. The molecule has 5 heteroatoms. The maximum atomic E-state index is 5.99. The number of nitrogens with zero attached hydrogens (tertiary/aromatic N) is 4. The number of hydrogen-bond acceptors (Lipinski definition) is 4. The molecule has 21 heavy (non-hydrogen) atoms. The van der Waals surface area contributed by atoms with Gasteiger partial charge >= 0.3 is 0 Å². The Morgan fingerprint density at radius 1 is 1.24 bits per heavy atom. The fourth-order valence-electron chi connectivity index (χ4n) is 2.15. The van der Waals surface area contributed by atoms with Crippen LogP contribution >= 0.6 is 0 Å². The third kappa shape index (κ3) is 2.58. The van der Waals surface area contributed by atoms with E-state index in [-0.39, 0.29) is 0 Å². The molecule has 0 atom stereocenters. The van der Waals surface area contributed by atoms with E-state index in [2.05, 4.69) is 9.97 Å². The van der Waals surface area contributed by atoms with Gasteiger partial charge in [0.1, 0.15) is 5.82 Å². The van der Waals surface area contributed by atoms with Crippen molar-refractivity contribution in [1.29, 1.82) is 0 Å². The highest BCUT2D eigenvalue weighted by molar-refractivity contribution is 5.80. The van der Waals surface area contributed by atoms with E-state index in [1.165, 1.54) is 0 Å². The summed E-state index contributed by atoms with van der Waals surface area (Å²) in [4.78, 5) is 10.6. The van der Waals surface area contributed by atoms with Crippen molar-refractivity contribution in [1.82, 2.24) is 19.4 Å². The summed E-state index contributed by atoms with van der Waals surface area (Å²) >= 11 is 0. The standard InChI is InChI=1S/C16H17N5/c1-20(2)7-4-13-9-16(19-10-14(13)17)21-8-5-12-3-6-18-11-15(12)21/h3-11H,17H2,1-2H3/b7-4+. The Bertz CT molecular complexity index is 801. The number of nitrogens with two attached hydrogens (primary N) is 1. The summed E-state index contributed by atoms with van der Waals surface area (Å²) in [5.74, 6) is 0.825. The zero-order valence-electron chi connectivity index (χ0n) is 12.1. The molecule has 3 aromatic heterocycles. The minimum Gasteiger partial charge on any atom is -0.397 e. The van der Waals surface area contributed by atoms with Gasteiger partial charge in [-0.25, -0.2) is 4.98 Å². The molecule has 3 aromatic rings. The molecule has 0 saturated carbocycles. The molecule has 3 heterocycles. The highest BCUT2D eigenvalue weighted by Gasteiger charge is 2.06. The quantitative estimate of drug-likeness (QED) is 0.800. The van der Waals surface area contributed by atoms with Crippen LogP contribution in [-0.4, -0.2) is 33.5 Å². The van der Waals surface area contributed by atoms with Gasteiger partial charge in [-0.2, -0.15) is 0 Å². The molecule has 0 unspecified atom stereocenters. The second-order valence-electron chi connectivity index (χ2n) is 5.07.